The van der Waals surface area contributed by atoms with Gasteiger partial charge in [0.1, 0.15) is 12.3 Å². The predicted octanol–water partition coefficient (Wildman–Crippen LogP) is 2.11. The summed E-state index contributed by atoms with van der Waals surface area (Å²) in [5, 5.41) is 3.37. The SMILES string of the molecule is CC1CN(C(=O)Cn2cc(S(=O)(=O)CC(=O)NC3CCCC3)c3ccccc32)CC(C)O1. The molecule has 2 unspecified atom stereocenters. The van der Waals surface area contributed by atoms with E-state index in [2.05, 4.69) is 5.32 Å². The fourth-order valence-corrected chi connectivity index (χ4v) is 6.19. The molecule has 8 nitrogen and oxygen atoms in total. The van der Waals surface area contributed by atoms with Crippen LogP contribution < -0.4 is 5.32 Å². The molecule has 1 aliphatic heterocycles. The number of ether oxygens (including phenoxy) is 1. The maximum atomic E-state index is 13.1. The minimum absolute atomic E-state index is 0.0315. The summed E-state index contributed by atoms with van der Waals surface area (Å²) in [5.41, 5.74) is 0.657. The van der Waals surface area contributed by atoms with Gasteiger partial charge in [-0.3, -0.25) is 9.59 Å². The maximum Gasteiger partial charge on any atom is 0.242 e. The average molecular weight is 462 g/mol. The van der Waals surface area contributed by atoms with Crippen molar-refractivity contribution in [3.8, 4) is 0 Å². The molecule has 2 aromatic rings. The second-order valence-electron chi connectivity index (χ2n) is 9.00. The van der Waals surface area contributed by atoms with Gasteiger partial charge in [0, 0.05) is 36.2 Å². The van der Waals surface area contributed by atoms with Gasteiger partial charge in [-0.1, -0.05) is 31.0 Å². The number of rotatable bonds is 6. The smallest absolute Gasteiger partial charge is 0.242 e. The number of nitrogens with zero attached hydrogens (tertiary/aromatic N) is 2. The first-order valence-corrected chi connectivity index (χ1v) is 12.9. The van der Waals surface area contributed by atoms with E-state index in [1.165, 1.54) is 6.20 Å². The Kier molecular flexibility index (Phi) is 6.57. The predicted molar refractivity (Wildman–Crippen MR) is 121 cm³/mol. The quantitative estimate of drug-likeness (QED) is 0.711. The number of fused-ring (bicyclic) bond motifs is 1. The largest absolute Gasteiger partial charge is 0.372 e. The number of nitrogens with one attached hydrogen (secondary N) is 1. The van der Waals surface area contributed by atoms with Crippen molar-refractivity contribution in [3.63, 3.8) is 0 Å². The molecule has 0 spiro atoms. The summed E-state index contributed by atoms with van der Waals surface area (Å²) in [6.07, 6.45) is 5.31. The summed E-state index contributed by atoms with van der Waals surface area (Å²) in [7, 11) is -3.86. The summed E-state index contributed by atoms with van der Waals surface area (Å²) in [6.45, 7) is 4.91. The van der Waals surface area contributed by atoms with E-state index >= 15 is 0 Å². The van der Waals surface area contributed by atoms with Crippen molar-refractivity contribution < 1.29 is 22.7 Å². The highest BCUT2D eigenvalue weighted by Crippen LogP contribution is 2.27. The van der Waals surface area contributed by atoms with E-state index in [1.807, 2.05) is 19.9 Å². The maximum absolute atomic E-state index is 13.1. The molecule has 0 radical (unpaired) electrons. The van der Waals surface area contributed by atoms with Crippen LogP contribution in [-0.4, -0.2) is 66.8 Å². The second-order valence-corrected chi connectivity index (χ2v) is 11.0. The van der Waals surface area contributed by atoms with E-state index in [0.29, 0.717) is 24.0 Å². The molecule has 2 heterocycles. The van der Waals surface area contributed by atoms with Crippen LogP contribution in [0.2, 0.25) is 0 Å². The normalized spacial score (nSPS) is 22.4. The lowest BCUT2D eigenvalue weighted by Crippen LogP contribution is -2.49. The first-order chi connectivity index (χ1) is 15.2. The van der Waals surface area contributed by atoms with Crippen LogP contribution in [0, 0.1) is 0 Å². The molecule has 1 saturated carbocycles. The average Bonchev–Trinajstić information content (AvgIpc) is 3.35. The highest BCUT2D eigenvalue weighted by molar-refractivity contribution is 7.92. The number of carbonyl (C=O) groups is 2. The fourth-order valence-electron chi connectivity index (χ4n) is 4.81. The highest BCUT2D eigenvalue weighted by Gasteiger charge is 2.29. The molecule has 32 heavy (non-hydrogen) atoms. The van der Waals surface area contributed by atoms with Gasteiger partial charge in [0.05, 0.1) is 17.1 Å². The summed E-state index contributed by atoms with van der Waals surface area (Å²) >= 11 is 0. The number of amides is 2. The summed E-state index contributed by atoms with van der Waals surface area (Å²) in [5.74, 6) is -1.15. The van der Waals surface area contributed by atoms with Crippen LogP contribution in [0.1, 0.15) is 39.5 Å². The van der Waals surface area contributed by atoms with Crippen LogP contribution in [-0.2, 0) is 30.7 Å². The van der Waals surface area contributed by atoms with Crippen molar-refractivity contribution in [3.05, 3.63) is 30.5 Å². The van der Waals surface area contributed by atoms with Gasteiger partial charge in [-0.05, 0) is 32.8 Å². The molecule has 2 atom stereocenters. The van der Waals surface area contributed by atoms with Gasteiger partial charge in [0.2, 0.25) is 11.8 Å². The first-order valence-electron chi connectivity index (χ1n) is 11.3. The molecule has 2 amide bonds. The molecule has 1 aromatic heterocycles. The molecule has 1 N–H and O–H groups in total. The standard InChI is InChI=1S/C23H31N3O5S/c1-16-11-26(12-17(2)31-16)23(28)14-25-13-21(19-9-5-6-10-20(19)25)32(29,30)15-22(27)24-18-7-3-4-8-18/h5-6,9-10,13,16-18H,3-4,7-8,11-12,14-15H2,1-2H3,(H,24,27). The Labute approximate surface area is 188 Å². The Morgan fingerprint density at radius 3 is 2.44 bits per heavy atom. The monoisotopic (exact) mass is 461 g/mol. The second kappa shape index (κ2) is 9.23. The van der Waals surface area contributed by atoms with Crippen LogP contribution in [0.3, 0.4) is 0 Å². The van der Waals surface area contributed by atoms with Crippen LogP contribution in [0.5, 0.6) is 0 Å². The summed E-state index contributed by atoms with van der Waals surface area (Å²) in [4.78, 5) is 27.2. The number of para-hydroxylation sites is 1. The van der Waals surface area contributed by atoms with Gasteiger partial charge >= 0.3 is 0 Å². The van der Waals surface area contributed by atoms with Crippen LogP contribution in [0.25, 0.3) is 10.9 Å². The topological polar surface area (TPSA) is 97.7 Å². The minimum atomic E-state index is -3.86. The highest BCUT2D eigenvalue weighted by atomic mass is 32.2. The molecule has 9 heteroatoms. The molecule has 2 fully saturated rings. The number of carbonyl (C=O) groups excluding carboxylic acids is 2. The van der Waals surface area contributed by atoms with E-state index in [4.69, 9.17) is 4.74 Å². The van der Waals surface area contributed by atoms with Gasteiger partial charge in [0.15, 0.2) is 9.84 Å². The van der Waals surface area contributed by atoms with Crippen molar-refractivity contribution in [1.29, 1.82) is 0 Å². The Morgan fingerprint density at radius 1 is 1.09 bits per heavy atom. The molecule has 1 saturated heterocycles. The molecule has 2 aliphatic rings. The van der Waals surface area contributed by atoms with E-state index < -0.39 is 21.5 Å². The van der Waals surface area contributed by atoms with Gasteiger partial charge in [-0.2, -0.15) is 0 Å². The number of aromatic nitrogens is 1. The van der Waals surface area contributed by atoms with E-state index in [9.17, 15) is 18.0 Å². The van der Waals surface area contributed by atoms with E-state index in [0.717, 1.165) is 25.7 Å². The number of sulfone groups is 1. The molecule has 1 aliphatic carbocycles. The van der Waals surface area contributed by atoms with Gasteiger partial charge in [0.25, 0.3) is 0 Å². The van der Waals surface area contributed by atoms with Gasteiger partial charge in [-0.25, -0.2) is 8.42 Å². The van der Waals surface area contributed by atoms with Crippen molar-refractivity contribution >= 4 is 32.6 Å². The molecule has 174 valence electrons. The van der Waals surface area contributed by atoms with Crippen molar-refractivity contribution in [1.82, 2.24) is 14.8 Å². The Morgan fingerprint density at radius 2 is 1.75 bits per heavy atom. The number of hydrogen-bond donors (Lipinski definition) is 1. The van der Waals surface area contributed by atoms with Crippen molar-refractivity contribution in [2.75, 3.05) is 18.8 Å². The molecular weight excluding hydrogens is 430 g/mol. The lowest BCUT2D eigenvalue weighted by Gasteiger charge is -2.35. The summed E-state index contributed by atoms with van der Waals surface area (Å²) < 4.78 is 33.6. The van der Waals surface area contributed by atoms with Crippen molar-refractivity contribution in [2.24, 2.45) is 0 Å². The summed E-state index contributed by atoms with van der Waals surface area (Å²) in [6, 6.07) is 7.15. The van der Waals surface area contributed by atoms with E-state index in [1.54, 1.807) is 27.7 Å². The van der Waals surface area contributed by atoms with Gasteiger partial charge < -0.3 is 19.5 Å². The first kappa shape index (κ1) is 22.8. The Balaban J connectivity index is 1.55. The van der Waals surface area contributed by atoms with Gasteiger partial charge in [-0.15, -0.1) is 0 Å². The third-order valence-corrected chi connectivity index (χ3v) is 7.84. The number of morpholine rings is 1. The van der Waals surface area contributed by atoms with Crippen LogP contribution in [0.15, 0.2) is 35.4 Å². The molecular formula is C23H31N3O5S. The lowest BCUT2D eigenvalue weighted by molar-refractivity contribution is -0.143. The fraction of sp³-hybridized carbons (Fsp3) is 0.565. The lowest BCUT2D eigenvalue weighted by atomic mass is 10.2. The zero-order chi connectivity index (χ0) is 22.9. The zero-order valence-corrected chi connectivity index (χ0v) is 19.4. The zero-order valence-electron chi connectivity index (χ0n) is 18.6. The van der Waals surface area contributed by atoms with E-state index in [-0.39, 0.29) is 35.6 Å². The van der Waals surface area contributed by atoms with Crippen LogP contribution in [0.4, 0.5) is 0 Å². The number of hydrogen-bond acceptors (Lipinski definition) is 5. The third kappa shape index (κ3) is 4.99. The Bertz CT molecular complexity index is 1090. The minimum Gasteiger partial charge on any atom is -0.372 e. The van der Waals surface area contributed by atoms with Crippen LogP contribution >= 0.6 is 0 Å². The van der Waals surface area contributed by atoms with Crippen molar-refractivity contribution in [2.45, 2.75) is 69.2 Å². The molecule has 1 aromatic carbocycles. The molecule has 0 bridgehead atoms. The number of benzene rings is 1. The molecule has 4 rings (SSSR count). The Hall–Kier alpha value is -2.39. The third-order valence-electron chi connectivity index (χ3n) is 6.21.